The molecule has 0 aliphatic carbocycles. The fraction of sp³-hybridized carbons (Fsp3) is 0.238. The largest absolute Gasteiger partial charge is 0.488 e. The first-order chi connectivity index (χ1) is 14.6. The summed E-state index contributed by atoms with van der Waals surface area (Å²) in [5.41, 5.74) is -1.13. The lowest BCUT2D eigenvalue weighted by atomic mass is 10.1. The third kappa shape index (κ3) is 4.18. The number of amides is 1. The van der Waals surface area contributed by atoms with Crippen molar-refractivity contribution in [3.63, 3.8) is 0 Å². The average Bonchev–Trinajstić information content (AvgIpc) is 3.17. The van der Waals surface area contributed by atoms with E-state index in [2.05, 4.69) is 0 Å². The number of fused-ring (bicyclic) bond motifs is 1. The Balaban J connectivity index is 1.80. The predicted molar refractivity (Wildman–Crippen MR) is 107 cm³/mol. The molecule has 0 bridgehead atoms. The zero-order chi connectivity index (χ0) is 22.3. The van der Waals surface area contributed by atoms with Gasteiger partial charge in [0.25, 0.3) is 0 Å². The highest BCUT2D eigenvalue weighted by atomic mass is 35.5. The summed E-state index contributed by atoms with van der Waals surface area (Å²) in [5, 5.41) is 9.51. The molecular formula is C21H15ClF3NO5. The van der Waals surface area contributed by atoms with Gasteiger partial charge in [-0.15, -0.1) is 0 Å². The van der Waals surface area contributed by atoms with Gasteiger partial charge in [0.2, 0.25) is 0 Å². The molecule has 1 amide bonds. The van der Waals surface area contributed by atoms with E-state index in [1.807, 2.05) is 0 Å². The van der Waals surface area contributed by atoms with Gasteiger partial charge in [0.05, 0.1) is 28.1 Å². The second-order valence-corrected chi connectivity index (χ2v) is 7.46. The Morgan fingerprint density at radius 1 is 1.23 bits per heavy atom. The van der Waals surface area contributed by atoms with Gasteiger partial charge in [-0.05, 0) is 30.3 Å². The van der Waals surface area contributed by atoms with Gasteiger partial charge >= 0.3 is 12.3 Å². The van der Waals surface area contributed by atoms with Crippen molar-refractivity contribution in [1.29, 1.82) is 0 Å². The summed E-state index contributed by atoms with van der Waals surface area (Å²) in [6, 6.07) is 8.63. The number of ether oxygens (including phenoxy) is 1. The number of carbonyl (C=O) groups is 1. The molecule has 2 heterocycles. The number of carboxylic acid groups (broad SMARTS) is 1. The van der Waals surface area contributed by atoms with Crippen molar-refractivity contribution in [2.75, 3.05) is 13.1 Å². The number of para-hydroxylation sites is 1. The SMILES string of the molecule is O=C(O)N1CC[C@H](Oc2cc(C(F)(F)F)ccc2-c2cc(=O)c3cccc(Cl)c3o2)C1. The van der Waals surface area contributed by atoms with E-state index in [0.717, 1.165) is 29.2 Å². The first kappa shape index (κ1) is 21.0. The summed E-state index contributed by atoms with van der Waals surface area (Å²) < 4.78 is 51.3. The Hall–Kier alpha value is -3.20. The molecule has 1 fully saturated rings. The maximum absolute atomic E-state index is 13.3. The fourth-order valence-electron chi connectivity index (χ4n) is 3.45. The Bertz CT molecular complexity index is 1220. The highest BCUT2D eigenvalue weighted by Gasteiger charge is 2.33. The summed E-state index contributed by atoms with van der Waals surface area (Å²) in [5.74, 6) is -0.177. The molecule has 162 valence electrons. The van der Waals surface area contributed by atoms with Crippen molar-refractivity contribution in [2.45, 2.75) is 18.7 Å². The molecule has 10 heteroatoms. The molecule has 1 N–H and O–H groups in total. The van der Waals surface area contributed by atoms with Crippen molar-refractivity contribution >= 4 is 28.7 Å². The van der Waals surface area contributed by atoms with Crippen LogP contribution >= 0.6 is 11.6 Å². The van der Waals surface area contributed by atoms with E-state index < -0.39 is 29.4 Å². The quantitative estimate of drug-likeness (QED) is 0.585. The molecular weight excluding hydrogens is 439 g/mol. The number of nitrogens with zero attached hydrogens (tertiary/aromatic N) is 1. The standard InChI is InChI=1S/C21H15ClF3NO5/c22-15-3-1-2-13-16(27)9-18(31-19(13)15)14-5-4-11(21(23,24)25)8-17(14)30-12-6-7-26(10-12)20(28)29/h1-5,8-9,12H,6-7,10H2,(H,28,29)/t12-/m0/s1. The minimum Gasteiger partial charge on any atom is -0.488 e. The van der Waals surface area contributed by atoms with Crippen molar-refractivity contribution in [3.05, 3.63) is 63.3 Å². The van der Waals surface area contributed by atoms with Crippen molar-refractivity contribution in [2.24, 2.45) is 0 Å². The molecule has 3 aromatic rings. The molecule has 4 rings (SSSR count). The van der Waals surface area contributed by atoms with Crippen LogP contribution in [-0.4, -0.2) is 35.3 Å². The summed E-state index contributed by atoms with van der Waals surface area (Å²) in [7, 11) is 0. The molecule has 1 aliphatic heterocycles. The van der Waals surface area contributed by atoms with Crippen molar-refractivity contribution in [1.82, 2.24) is 4.90 Å². The van der Waals surface area contributed by atoms with Gasteiger partial charge in [-0.1, -0.05) is 17.7 Å². The van der Waals surface area contributed by atoms with Gasteiger partial charge < -0.3 is 19.2 Å². The van der Waals surface area contributed by atoms with Gasteiger partial charge in [-0.2, -0.15) is 13.2 Å². The summed E-state index contributed by atoms with van der Waals surface area (Å²) in [6.07, 6.45) is -6.08. The summed E-state index contributed by atoms with van der Waals surface area (Å²) in [4.78, 5) is 24.8. The van der Waals surface area contributed by atoms with Crippen molar-refractivity contribution in [3.8, 4) is 17.1 Å². The molecule has 1 aromatic heterocycles. The summed E-state index contributed by atoms with van der Waals surface area (Å²) >= 11 is 6.12. The Morgan fingerprint density at radius 3 is 2.68 bits per heavy atom. The predicted octanol–water partition coefficient (Wildman–Crippen LogP) is 5.26. The van der Waals surface area contributed by atoms with Crippen LogP contribution in [0.3, 0.4) is 0 Å². The van der Waals surface area contributed by atoms with Crippen LogP contribution in [0.4, 0.5) is 18.0 Å². The van der Waals surface area contributed by atoms with Crippen molar-refractivity contribution < 1.29 is 32.2 Å². The number of alkyl halides is 3. The lowest BCUT2D eigenvalue weighted by Crippen LogP contribution is -2.29. The summed E-state index contributed by atoms with van der Waals surface area (Å²) in [6.45, 7) is 0.216. The van der Waals surface area contributed by atoms with Crippen LogP contribution in [0.25, 0.3) is 22.3 Å². The maximum atomic E-state index is 13.3. The molecule has 0 saturated carbocycles. The number of benzene rings is 2. The van der Waals surface area contributed by atoms with E-state index >= 15 is 0 Å². The second kappa shape index (κ2) is 7.81. The monoisotopic (exact) mass is 453 g/mol. The number of halogens is 4. The Kier molecular flexibility index (Phi) is 5.30. The van der Waals surface area contributed by atoms with Crippen LogP contribution in [0.5, 0.6) is 5.75 Å². The number of likely N-dealkylation sites (tertiary alicyclic amines) is 1. The van der Waals surface area contributed by atoms with Crippen LogP contribution in [0.15, 0.2) is 51.7 Å². The van der Waals surface area contributed by atoms with E-state index in [1.54, 1.807) is 6.07 Å². The maximum Gasteiger partial charge on any atom is 0.416 e. The van der Waals surface area contributed by atoms with Gasteiger partial charge in [0.15, 0.2) is 11.0 Å². The van der Waals surface area contributed by atoms with E-state index in [9.17, 15) is 22.8 Å². The molecule has 1 atom stereocenters. The van der Waals surface area contributed by atoms with Crippen LogP contribution in [0.2, 0.25) is 5.02 Å². The molecule has 6 nitrogen and oxygen atoms in total. The highest BCUT2D eigenvalue weighted by molar-refractivity contribution is 6.34. The van der Waals surface area contributed by atoms with E-state index in [1.165, 1.54) is 12.1 Å². The van der Waals surface area contributed by atoms with Crippen LogP contribution < -0.4 is 10.2 Å². The number of rotatable bonds is 3. The lowest BCUT2D eigenvalue weighted by Gasteiger charge is -2.19. The normalized spacial score (nSPS) is 16.6. The Labute approximate surface area is 178 Å². The minimum absolute atomic E-state index is 0.0117. The van der Waals surface area contributed by atoms with Crippen LogP contribution in [0.1, 0.15) is 12.0 Å². The first-order valence-corrected chi connectivity index (χ1v) is 9.60. The number of hydrogen-bond acceptors (Lipinski definition) is 4. The van der Waals surface area contributed by atoms with Gasteiger partial charge in [0, 0.05) is 19.0 Å². The average molecular weight is 454 g/mol. The van der Waals surface area contributed by atoms with Crippen LogP contribution in [0, 0.1) is 0 Å². The molecule has 2 aromatic carbocycles. The first-order valence-electron chi connectivity index (χ1n) is 9.22. The molecule has 1 aliphatic rings. The Morgan fingerprint density at radius 2 is 2.00 bits per heavy atom. The number of hydrogen-bond donors (Lipinski definition) is 1. The minimum atomic E-state index is -4.62. The zero-order valence-corrected chi connectivity index (χ0v) is 16.5. The van der Waals surface area contributed by atoms with E-state index in [-0.39, 0.29) is 46.2 Å². The smallest absolute Gasteiger partial charge is 0.416 e. The topological polar surface area (TPSA) is 80.0 Å². The molecule has 1 saturated heterocycles. The third-order valence-electron chi connectivity index (χ3n) is 4.99. The van der Waals surface area contributed by atoms with Gasteiger partial charge in [-0.25, -0.2) is 4.79 Å². The fourth-order valence-corrected chi connectivity index (χ4v) is 3.67. The zero-order valence-electron chi connectivity index (χ0n) is 15.8. The molecule has 0 radical (unpaired) electrons. The van der Waals surface area contributed by atoms with Gasteiger partial charge in [0.1, 0.15) is 17.6 Å². The van der Waals surface area contributed by atoms with E-state index in [0.29, 0.717) is 6.42 Å². The lowest BCUT2D eigenvalue weighted by molar-refractivity contribution is -0.137. The molecule has 31 heavy (non-hydrogen) atoms. The highest BCUT2D eigenvalue weighted by Crippen LogP contribution is 2.39. The third-order valence-corrected chi connectivity index (χ3v) is 5.29. The second-order valence-electron chi connectivity index (χ2n) is 7.06. The van der Waals surface area contributed by atoms with E-state index in [4.69, 9.17) is 25.9 Å². The van der Waals surface area contributed by atoms with Crippen LogP contribution in [-0.2, 0) is 6.18 Å². The molecule has 0 spiro atoms. The van der Waals surface area contributed by atoms with Gasteiger partial charge in [-0.3, -0.25) is 4.79 Å². The molecule has 0 unspecified atom stereocenters.